The third-order valence-corrected chi connectivity index (χ3v) is 3.17. The van der Waals surface area contributed by atoms with Gasteiger partial charge >= 0.3 is 12.0 Å². The number of nitrogens with zero attached hydrogens (tertiary/aromatic N) is 1. The first-order valence-electron chi connectivity index (χ1n) is 6.82. The smallest absolute Gasteiger partial charge is 0.338 e. The molecule has 0 unspecified atom stereocenters. The molecule has 0 atom stereocenters. The summed E-state index contributed by atoms with van der Waals surface area (Å²) in [5.74, 6) is -1.04. The molecule has 0 radical (unpaired) electrons. The van der Waals surface area contributed by atoms with Crippen LogP contribution in [0.1, 0.15) is 42.1 Å². The van der Waals surface area contributed by atoms with Crippen molar-refractivity contribution in [2.45, 2.75) is 33.1 Å². The van der Waals surface area contributed by atoms with Crippen LogP contribution in [0, 0.1) is 6.92 Å². The monoisotopic (exact) mass is 278 g/mol. The molecule has 20 heavy (non-hydrogen) atoms. The highest BCUT2D eigenvalue weighted by atomic mass is 16.4. The number of amides is 2. The molecule has 0 saturated carbocycles. The summed E-state index contributed by atoms with van der Waals surface area (Å²) in [5.41, 5.74) is 1.11. The third-order valence-electron chi connectivity index (χ3n) is 3.17. The molecular weight excluding hydrogens is 256 g/mol. The van der Waals surface area contributed by atoms with Crippen LogP contribution in [0.5, 0.6) is 0 Å². The van der Waals surface area contributed by atoms with E-state index in [1.165, 1.54) is 0 Å². The van der Waals surface area contributed by atoms with Crippen molar-refractivity contribution in [3.05, 3.63) is 29.3 Å². The molecule has 0 aliphatic rings. The second kappa shape index (κ2) is 7.53. The normalized spacial score (nSPS) is 10.2. The second-order valence-corrected chi connectivity index (χ2v) is 4.86. The molecular formula is C15H22N2O3. The van der Waals surface area contributed by atoms with Gasteiger partial charge in [0.25, 0.3) is 0 Å². The number of carboxylic acids is 1. The van der Waals surface area contributed by atoms with E-state index in [1.807, 2.05) is 0 Å². The lowest BCUT2D eigenvalue weighted by atomic mass is 10.1. The Balaban J connectivity index is 2.75. The van der Waals surface area contributed by atoms with Crippen LogP contribution in [0.15, 0.2) is 18.2 Å². The van der Waals surface area contributed by atoms with Crippen LogP contribution in [-0.4, -0.2) is 35.6 Å². The quantitative estimate of drug-likeness (QED) is 0.784. The highest BCUT2D eigenvalue weighted by Crippen LogP contribution is 2.19. The van der Waals surface area contributed by atoms with E-state index >= 15 is 0 Å². The number of urea groups is 1. The number of aryl methyl sites for hydroxylation is 1. The summed E-state index contributed by atoms with van der Waals surface area (Å²) in [5, 5.41) is 11.9. The number of hydrogen-bond donors (Lipinski definition) is 2. The first kappa shape index (κ1) is 16.0. The lowest BCUT2D eigenvalue weighted by molar-refractivity contribution is 0.0697. The van der Waals surface area contributed by atoms with E-state index in [4.69, 9.17) is 0 Å². The summed E-state index contributed by atoms with van der Waals surface area (Å²) in [6.45, 7) is 4.48. The zero-order chi connectivity index (χ0) is 15.1. The molecule has 2 N–H and O–H groups in total. The molecule has 1 rings (SSSR count). The molecule has 0 spiro atoms. The van der Waals surface area contributed by atoms with Crippen molar-refractivity contribution in [2.75, 3.05) is 18.9 Å². The van der Waals surface area contributed by atoms with Gasteiger partial charge in [-0.1, -0.05) is 31.9 Å². The number of nitrogens with one attached hydrogen (secondary N) is 1. The minimum atomic E-state index is -1.04. The lowest BCUT2D eigenvalue weighted by Gasteiger charge is -2.19. The minimum Gasteiger partial charge on any atom is -0.478 e. The van der Waals surface area contributed by atoms with Gasteiger partial charge in [0.15, 0.2) is 0 Å². The van der Waals surface area contributed by atoms with Gasteiger partial charge < -0.3 is 15.3 Å². The minimum absolute atomic E-state index is 0.141. The first-order valence-corrected chi connectivity index (χ1v) is 6.82. The van der Waals surface area contributed by atoms with Gasteiger partial charge in [-0.25, -0.2) is 9.59 Å². The number of carbonyl (C=O) groups excluding carboxylic acids is 1. The Labute approximate surface area is 119 Å². The fraction of sp³-hybridized carbons (Fsp3) is 0.467. The molecule has 0 heterocycles. The van der Waals surface area contributed by atoms with Crippen LogP contribution >= 0.6 is 0 Å². The predicted octanol–water partition coefficient (Wildman–Crippen LogP) is 3.35. The zero-order valence-electron chi connectivity index (χ0n) is 12.3. The molecule has 0 saturated heterocycles. The summed E-state index contributed by atoms with van der Waals surface area (Å²) in [4.78, 5) is 24.8. The number of unbranched alkanes of at least 4 members (excludes halogenated alkanes) is 2. The molecule has 5 heteroatoms. The highest BCUT2D eigenvalue weighted by Gasteiger charge is 2.16. The van der Waals surface area contributed by atoms with Crippen LogP contribution in [0.3, 0.4) is 0 Å². The van der Waals surface area contributed by atoms with E-state index in [0.29, 0.717) is 17.8 Å². The summed E-state index contributed by atoms with van der Waals surface area (Å²) in [6.07, 6.45) is 3.11. The van der Waals surface area contributed by atoms with Crippen molar-refractivity contribution >= 4 is 17.7 Å². The number of rotatable bonds is 6. The summed E-state index contributed by atoms with van der Waals surface area (Å²) < 4.78 is 0. The highest BCUT2D eigenvalue weighted by molar-refractivity contribution is 6.01. The van der Waals surface area contributed by atoms with E-state index in [-0.39, 0.29) is 11.6 Å². The van der Waals surface area contributed by atoms with Crippen LogP contribution < -0.4 is 5.32 Å². The average molecular weight is 278 g/mol. The van der Waals surface area contributed by atoms with Crippen LogP contribution in [-0.2, 0) is 0 Å². The van der Waals surface area contributed by atoms with E-state index in [0.717, 1.165) is 19.3 Å². The van der Waals surface area contributed by atoms with E-state index in [9.17, 15) is 14.7 Å². The molecule has 2 amide bonds. The van der Waals surface area contributed by atoms with E-state index in [1.54, 1.807) is 37.1 Å². The van der Waals surface area contributed by atoms with E-state index in [2.05, 4.69) is 12.2 Å². The predicted molar refractivity (Wildman–Crippen MR) is 79.3 cm³/mol. The third kappa shape index (κ3) is 4.26. The molecule has 0 aromatic heterocycles. The number of carboxylic acid groups (broad SMARTS) is 1. The van der Waals surface area contributed by atoms with Gasteiger partial charge in [0.05, 0.1) is 11.3 Å². The molecule has 5 nitrogen and oxygen atoms in total. The SMILES string of the molecule is CCCCCN(C)C(=O)Nc1cccc(C)c1C(=O)O. The molecule has 110 valence electrons. The Hall–Kier alpha value is -2.04. The molecule has 0 aliphatic heterocycles. The molecule has 0 bridgehead atoms. The zero-order valence-corrected chi connectivity index (χ0v) is 12.3. The van der Waals surface area contributed by atoms with Gasteiger partial charge in [-0.15, -0.1) is 0 Å². The lowest BCUT2D eigenvalue weighted by Crippen LogP contribution is -2.32. The maximum absolute atomic E-state index is 12.0. The Morgan fingerprint density at radius 3 is 2.60 bits per heavy atom. The van der Waals surface area contributed by atoms with Gasteiger partial charge in [-0.2, -0.15) is 0 Å². The summed E-state index contributed by atoms with van der Waals surface area (Å²) in [6, 6.07) is 4.77. The van der Waals surface area contributed by atoms with Crippen LogP contribution in [0.4, 0.5) is 10.5 Å². The van der Waals surface area contributed by atoms with Gasteiger partial charge in [0.1, 0.15) is 0 Å². The fourth-order valence-electron chi connectivity index (χ4n) is 1.97. The number of anilines is 1. The Bertz CT molecular complexity index is 486. The van der Waals surface area contributed by atoms with Gasteiger partial charge in [-0.05, 0) is 25.0 Å². The largest absolute Gasteiger partial charge is 0.478 e. The summed E-state index contributed by atoms with van der Waals surface area (Å²) in [7, 11) is 1.71. The van der Waals surface area contributed by atoms with Crippen molar-refractivity contribution < 1.29 is 14.7 Å². The molecule has 0 fully saturated rings. The molecule has 1 aromatic rings. The van der Waals surface area contributed by atoms with Crippen molar-refractivity contribution in [3.8, 4) is 0 Å². The van der Waals surface area contributed by atoms with Crippen molar-refractivity contribution in [3.63, 3.8) is 0 Å². The van der Waals surface area contributed by atoms with Crippen molar-refractivity contribution in [2.24, 2.45) is 0 Å². The first-order chi connectivity index (χ1) is 9.47. The van der Waals surface area contributed by atoms with Crippen molar-refractivity contribution in [1.82, 2.24) is 4.90 Å². The maximum Gasteiger partial charge on any atom is 0.338 e. The Morgan fingerprint density at radius 1 is 1.30 bits per heavy atom. The van der Waals surface area contributed by atoms with Gasteiger partial charge in [0.2, 0.25) is 0 Å². The van der Waals surface area contributed by atoms with Crippen molar-refractivity contribution in [1.29, 1.82) is 0 Å². The fourth-order valence-corrected chi connectivity index (χ4v) is 1.97. The number of carbonyl (C=O) groups is 2. The summed E-state index contributed by atoms with van der Waals surface area (Å²) >= 11 is 0. The maximum atomic E-state index is 12.0. The van der Waals surface area contributed by atoms with Gasteiger partial charge in [-0.3, -0.25) is 0 Å². The Morgan fingerprint density at radius 2 is 2.00 bits per heavy atom. The van der Waals surface area contributed by atoms with Gasteiger partial charge in [0, 0.05) is 13.6 Å². The number of hydrogen-bond acceptors (Lipinski definition) is 2. The van der Waals surface area contributed by atoms with E-state index < -0.39 is 5.97 Å². The van der Waals surface area contributed by atoms with Crippen LogP contribution in [0.2, 0.25) is 0 Å². The Kier molecular flexibility index (Phi) is 6.03. The number of benzene rings is 1. The molecule has 0 aliphatic carbocycles. The second-order valence-electron chi connectivity index (χ2n) is 4.86. The topological polar surface area (TPSA) is 69.6 Å². The number of aromatic carboxylic acids is 1. The molecule has 1 aromatic carbocycles. The van der Waals surface area contributed by atoms with Crippen LogP contribution in [0.25, 0.3) is 0 Å². The average Bonchev–Trinajstić information content (AvgIpc) is 2.38. The standard InChI is InChI=1S/C15H22N2O3/c1-4-5-6-10-17(3)15(20)16-12-9-7-8-11(2)13(12)14(18)19/h7-9H,4-6,10H2,1-3H3,(H,16,20)(H,18,19).